The molecule has 7 heteroatoms. The summed E-state index contributed by atoms with van der Waals surface area (Å²) in [6, 6.07) is 8.33. The van der Waals surface area contributed by atoms with Crippen molar-refractivity contribution in [3.05, 3.63) is 56.9 Å². The van der Waals surface area contributed by atoms with Gasteiger partial charge >= 0.3 is 0 Å². The maximum atomic E-state index is 10.5. The van der Waals surface area contributed by atoms with Gasteiger partial charge in [-0.3, -0.25) is 10.1 Å². The van der Waals surface area contributed by atoms with Gasteiger partial charge in [0, 0.05) is 24.7 Å². The zero-order valence-electron chi connectivity index (χ0n) is 9.91. The van der Waals surface area contributed by atoms with E-state index in [0.717, 1.165) is 22.4 Å². The second-order valence-electron chi connectivity index (χ2n) is 3.83. The molecular formula is C12H11BrN4O2. The van der Waals surface area contributed by atoms with E-state index in [1.165, 1.54) is 18.5 Å². The topological polar surface area (TPSA) is 81.0 Å². The highest BCUT2D eigenvalue weighted by Gasteiger charge is 2.03. The summed E-state index contributed by atoms with van der Waals surface area (Å²) in [5.41, 5.74) is 1.14. The molecule has 0 aliphatic carbocycles. The van der Waals surface area contributed by atoms with E-state index < -0.39 is 4.92 Å². The number of hydrogen-bond acceptors (Lipinski definition) is 5. The minimum atomic E-state index is -0.402. The van der Waals surface area contributed by atoms with Gasteiger partial charge in [-0.15, -0.1) is 0 Å². The van der Waals surface area contributed by atoms with Gasteiger partial charge < -0.3 is 5.32 Å². The Morgan fingerprint density at radius 3 is 2.63 bits per heavy atom. The molecule has 0 unspecified atom stereocenters. The fraction of sp³-hybridized carbons (Fsp3) is 0.167. The normalized spacial score (nSPS) is 10.2. The molecule has 1 aromatic heterocycles. The number of non-ortho nitro benzene ring substituents is 1. The van der Waals surface area contributed by atoms with Crippen LogP contribution in [-0.2, 0) is 6.42 Å². The van der Waals surface area contributed by atoms with Gasteiger partial charge in [0.05, 0.1) is 4.92 Å². The molecule has 0 amide bonds. The Labute approximate surface area is 118 Å². The molecule has 2 aromatic rings. The fourth-order valence-electron chi connectivity index (χ4n) is 1.55. The Bertz CT molecular complexity index is 574. The molecule has 0 saturated heterocycles. The van der Waals surface area contributed by atoms with Gasteiger partial charge in [-0.2, -0.15) is 0 Å². The Morgan fingerprint density at radius 1 is 1.26 bits per heavy atom. The molecule has 98 valence electrons. The van der Waals surface area contributed by atoms with Gasteiger partial charge in [0.2, 0.25) is 0 Å². The van der Waals surface area contributed by atoms with E-state index >= 15 is 0 Å². The lowest BCUT2D eigenvalue weighted by Crippen LogP contribution is -2.06. The van der Waals surface area contributed by atoms with Gasteiger partial charge in [-0.25, -0.2) is 9.97 Å². The number of rotatable bonds is 5. The van der Waals surface area contributed by atoms with Crippen LogP contribution in [-0.4, -0.2) is 21.4 Å². The molecule has 0 fully saturated rings. The van der Waals surface area contributed by atoms with Crippen molar-refractivity contribution in [1.82, 2.24) is 9.97 Å². The molecule has 0 aliphatic rings. The van der Waals surface area contributed by atoms with Crippen molar-refractivity contribution in [3.8, 4) is 0 Å². The highest BCUT2D eigenvalue weighted by molar-refractivity contribution is 9.10. The van der Waals surface area contributed by atoms with Crippen LogP contribution in [0.1, 0.15) is 5.56 Å². The maximum Gasteiger partial charge on any atom is 0.269 e. The smallest absolute Gasteiger partial charge is 0.269 e. The summed E-state index contributed by atoms with van der Waals surface area (Å²) < 4.78 is 0.723. The first-order chi connectivity index (χ1) is 9.15. The van der Waals surface area contributed by atoms with Gasteiger partial charge in [-0.1, -0.05) is 12.1 Å². The second kappa shape index (κ2) is 6.24. The first-order valence-corrected chi connectivity index (χ1v) is 6.39. The summed E-state index contributed by atoms with van der Waals surface area (Å²) in [4.78, 5) is 18.1. The standard InChI is InChI=1S/C12H11BrN4O2/c13-11-7-12(16-8-15-11)14-6-5-9-1-3-10(4-2-9)17(18)19/h1-4,7-8H,5-6H2,(H,14,15,16). The monoisotopic (exact) mass is 322 g/mol. The number of halogens is 1. The average molecular weight is 323 g/mol. The largest absolute Gasteiger partial charge is 0.370 e. The van der Waals surface area contributed by atoms with E-state index in [0.29, 0.717) is 6.54 Å². The lowest BCUT2D eigenvalue weighted by molar-refractivity contribution is -0.384. The number of anilines is 1. The van der Waals surface area contributed by atoms with Crippen LogP contribution in [0.4, 0.5) is 11.5 Å². The summed E-state index contributed by atoms with van der Waals surface area (Å²) in [5.74, 6) is 0.740. The molecular weight excluding hydrogens is 312 g/mol. The van der Waals surface area contributed by atoms with Gasteiger partial charge in [0.1, 0.15) is 16.7 Å². The van der Waals surface area contributed by atoms with Crippen LogP contribution < -0.4 is 5.32 Å². The predicted molar refractivity (Wildman–Crippen MR) is 75.0 cm³/mol. The van der Waals surface area contributed by atoms with Crippen LogP contribution in [0, 0.1) is 10.1 Å². The van der Waals surface area contributed by atoms with Crippen molar-refractivity contribution in [2.75, 3.05) is 11.9 Å². The number of hydrogen-bond donors (Lipinski definition) is 1. The van der Waals surface area contributed by atoms with Crippen molar-refractivity contribution in [1.29, 1.82) is 0 Å². The Morgan fingerprint density at radius 2 is 2.00 bits per heavy atom. The lowest BCUT2D eigenvalue weighted by atomic mass is 10.1. The summed E-state index contributed by atoms with van der Waals surface area (Å²) in [7, 11) is 0. The average Bonchev–Trinajstić information content (AvgIpc) is 2.39. The molecule has 1 heterocycles. The fourth-order valence-corrected chi connectivity index (χ4v) is 1.86. The molecule has 0 aliphatic heterocycles. The maximum absolute atomic E-state index is 10.5. The first kappa shape index (κ1) is 13.4. The van der Waals surface area contributed by atoms with Crippen LogP contribution in [0.2, 0.25) is 0 Å². The third-order valence-corrected chi connectivity index (χ3v) is 2.93. The van der Waals surface area contributed by atoms with Gasteiger partial charge in [-0.05, 0) is 27.9 Å². The van der Waals surface area contributed by atoms with Gasteiger partial charge in [0.15, 0.2) is 0 Å². The summed E-state index contributed by atoms with van der Waals surface area (Å²) in [5, 5.41) is 13.7. The summed E-state index contributed by atoms with van der Waals surface area (Å²) in [6.07, 6.45) is 2.23. The van der Waals surface area contributed by atoms with Crippen molar-refractivity contribution in [3.63, 3.8) is 0 Å². The van der Waals surface area contributed by atoms with E-state index in [1.807, 2.05) is 0 Å². The van der Waals surface area contributed by atoms with Crippen LogP contribution >= 0.6 is 15.9 Å². The molecule has 0 saturated carbocycles. The Hall–Kier alpha value is -2.02. The summed E-state index contributed by atoms with van der Waals surface area (Å²) >= 11 is 3.27. The highest BCUT2D eigenvalue weighted by Crippen LogP contribution is 2.13. The lowest BCUT2D eigenvalue weighted by Gasteiger charge is -2.05. The molecule has 0 radical (unpaired) electrons. The first-order valence-electron chi connectivity index (χ1n) is 5.60. The zero-order valence-corrected chi connectivity index (χ0v) is 11.5. The number of nitrogens with one attached hydrogen (secondary N) is 1. The quantitative estimate of drug-likeness (QED) is 0.520. The summed E-state index contributed by atoms with van der Waals surface area (Å²) in [6.45, 7) is 0.696. The molecule has 1 aromatic carbocycles. The third kappa shape index (κ3) is 3.99. The SMILES string of the molecule is O=[N+]([O-])c1ccc(CCNc2cc(Br)ncn2)cc1. The van der Waals surface area contributed by atoms with Gasteiger partial charge in [0.25, 0.3) is 5.69 Å². The number of nitro benzene ring substituents is 1. The predicted octanol–water partition coefficient (Wildman–Crippen LogP) is 2.80. The molecule has 19 heavy (non-hydrogen) atoms. The van der Waals surface area contributed by atoms with Crippen molar-refractivity contribution in [2.45, 2.75) is 6.42 Å². The van der Waals surface area contributed by atoms with Crippen molar-refractivity contribution in [2.24, 2.45) is 0 Å². The molecule has 0 bridgehead atoms. The number of nitro groups is 1. The number of benzene rings is 1. The van der Waals surface area contributed by atoms with E-state index in [9.17, 15) is 10.1 Å². The second-order valence-corrected chi connectivity index (χ2v) is 4.64. The Kier molecular flexibility index (Phi) is 4.40. The molecule has 6 nitrogen and oxygen atoms in total. The van der Waals surface area contributed by atoms with Crippen LogP contribution in [0.5, 0.6) is 0 Å². The van der Waals surface area contributed by atoms with E-state index in [1.54, 1.807) is 18.2 Å². The highest BCUT2D eigenvalue weighted by atomic mass is 79.9. The number of nitrogens with zero attached hydrogens (tertiary/aromatic N) is 3. The molecule has 2 rings (SSSR count). The molecule has 1 N–H and O–H groups in total. The molecule has 0 spiro atoms. The molecule has 0 atom stereocenters. The van der Waals surface area contributed by atoms with E-state index in [4.69, 9.17) is 0 Å². The zero-order chi connectivity index (χ0) is 13.7. The van der Waals surface area contributed by atoms with Crippen LogP contribution in [0.3, 0.4) is 0 Å². The minimum absolute atomic E-state index is 0.108. The van der Waals surface area contributed by atoms with E-state index in [2.05, 4.69) is 31.2 Å². The van der Waals surface area contributed by atoms with Crippen molar-refractivity contribution < 1.29 is 4.92 Å². The van der Waals surface area contributed by atoms with E-state index in [-0.39, 0.29) is 5.69 Å². The third-order valence-electron chi connectivity index (χ3n) is 2.50. The minimum Gasteiger partial charge on any atom is -0.370 e. The van der Waals surface area contributed by atoms with Crippen LogP contribution in [0.15, 0.2) is 41.3 Å². The Balaban J connectivity index is 1.87. The number of aromatic nitrogens is 2. The van der Waals surface area contributed by atoms with Crippen LogP contribution in [0.25, 0.3) is 0 Å². The van der Waals surface area contributed by atoms with Crippen molar-refractivity contribution >= 4 is 27.4 Å².